The van der Waals surface area contributed by atoms with Crippen molar-refractivity contribution < 1.29 is 91.8 Å². The van der Waals surface area contributed by atoms with Gasteiger partial charge in [-0.25, -0.2) is 0 Å². The van der Waals surface area contributed by atoms with E-state index in [9.17, 15) is 0 Å². The number of hydrogen-bond donors (Lipinski definition) is 0. The number of hydrogen-bond acceptors (Lipinski definition) is 0. The molecule has 0 aliphatic heterocycles. The van der Waals surface area contributed by atoms with Crippen molar-refractivity contribution in [1.82, 2.24) is 0 Å². The minimum Gasteiger partial charge on any atom is -1.00 e. The molecule has 0 fully saturated rings. The van der Waals surface area contributed by atoms with Crippen LogP contribution in [0.15, 0.2) is 24.3 Å². The Labute approximate surface area is 142 Å². The third-order valence-corrected chi connectivity index (χ3v) is 0. The number of halogens is 4. The predicted molar refractivity (Wildman–Crippen MR) is 41.0 cm³/mol. The van der Waals surface area contributed by atoms with Crippen molar-refractivity contribution in [2.45, 2.75) is 27.7 Å². The van der Waals surface area contributed by atoms with Gasteiger partial charge >= 0.3 is 42.1 Å². The van der Waals surface area contributed by atoms with Crippen LogP contribution < -0.4 is 49.6 Å². The van der Waals surface area contributed by atoms with Crippen LogP contribution in [0.5, 0.6) is 0 Å². The van der Waals surface area contributed by atoms with Crippen molar-refractivity contribution in [3.8, 4) is 0 Å². The third-order valence-electron chi connectivity index (χ3n) is 0. The van der Waals surface area contributed by atoms with Gasteiger partial charge in [0, 0.05) is 0 Å². The second-order valence-corrected chi connectivity index (χ2v) is 2.41. The van der Waals surface area contributed by atoms with Gasteiger partial charge in [0.05, 0.1) is 0 Å². The summed E-state index contributed by atoms with van der Waals surface area (Å²) >= 11 is 0. The van der Waals surface area contributed by atoms with Crippen molar-refractivity contribution in [3.63, 3.8) is 0 Å². The van der Waals surface area contributed by atoms with Crippen LogP contribution in [-0.2, 0) is 42.1 Å². The summed E-state index contributed by atoms with van der Waals surface area (Å²) in [5.74, 6) is 0. The molecule has 0 spiro atoms. The molecule has 0 aliphatic rings. The average Bonchev–Trinajstić information content (AvgIpc) is 1.25. The zero-order valence-corrected chi connectivity index (χ0v) is 16.1. The van der Waals surface area contributed by atoms with Gasteiger partial charge in [0.1, 0.15) is 0 Å². The van der Waals surface area contributed by atoms with Crippen LogP contribution in [0.2, 0.25) is 0 Å². The molecule has 0 aromatic carbocycles. The molecule has 96 valence electrons. The molecule has 0 bridgehead atoms. The standard InChI is InChI=1S/2C4H8.4ClH.2Pt/c2*1-4(2)3;;;;;;/h2*1H2,2-3H3;4*1H;;/q;;;;;;2*+2/p-4. The molecule has 0 N–H and O–H groups in total. The zero-order valence-electron chi connectivity index (χ0n) is 8.56. The summed E-state index contributed by atoms with van der Waals surface area (Å²) in [7, 11) is 0. The summed E-state index contributed by atoms with van der Waals surface area (Å²) in [4.78, 5) is 0. The molecule has 0 aromatic heterocycles. The molecule has 6 heteroatoms. The Balaban J connectivity index is -0.00000000600. The van der Waals surface area contributed by atoms with Crippen LogP contribution in [0, 0.1) is 0 Å². The molecule has 0 atom stereocenters. The predicted octanol–water partition coefficient (Wildman–Crippen LogP) is -8.82. The number of rotatable bonds is 0. The summed E-state index contributed by atoms with van der Waals surface area (Å²) in [6, 6.07) is 0. The van der Waals surface area contributed by atoms with Crippen molar-refractivity contribution in [1.29, 1.82) is 0 Å². The molecular weight excluding hydrogens is 628 g/mol. The van der Waals surface area contributed by atoms with Crippen LogP contribution in [0.3, 0.4) is 0 Å². The fourth-order valence-corrected chi connectivity index (χ4v) is 0. The van der Waals surface area contributed by atoms with E-state index in [4.69, 9.17) is 0 Å². The van der Waals surface area contributed by atoms with Crippen LogP contribution in [0.25, 0.3) is 0 Å². The first-order chi connectivity index (χ1) is 3.46. The van der Waals surface area contributed by atoms with Crippen molar-refractivity contribution >= 4 is 0 Å². The van der Waals surface area contributed by atoms with Crippen LogP contribution in [0.1, 0.15) is 27.7 Å². The van der Waals surface area contributed by atoms with E-state index in [0.717, 1.165) is 0 Å². The Kier molecular flexibility index (Phi) is 184. The molecule has 0 saturated heterocycles. The second-order valence-electron chi connectivity index (χ2n) is 2.41. The summed E-state index contributed by atoms with van der Waals surface area (Å²) in [6.45, 7) is 15.0. The molecule has 0 aliphatic carbocycles. The van der Waals surface area contributed by atoms with Gasteiger partial charge < -0.3 is 49.6 Å². The summed E-state index contributed by atoms with van der Waals surface area (Å²) in [6.07, 6.45) is 0. The topological polar surface area (TPSA) is 0 Å². The number of allylic oxidation sites excluding steroid dienone is 2. The van der Waals surface area contributed by atoms with E-state index in [1.807, 2.05) is 27.7 Å². The molecule has 14 heavy (non-hydrogen) atoms. The van der Waals surface area contributed by atoms with E-state index in [-0.39, 0.29) is 91.8 Å². The molecule has 0 aromatic rings. The summed E-state index contributed by atoms with van der Waals surface area (Å²) in [5, 5.41) is 0. The zero-order chi connectivity index (χ0) is 7.15. The average molecular weight is 644 g/mol. The van der Waals surface area contributed by atoms with Gasteiger partial charge in [-0.15, -0.1) is 13.2 Å². The first-order valence-corrected chi connectivity index (χ1v) is 2.71. The molecule has 0 unspecified atom stereocenters. The van der Waals surface area contributed by atoms with Crippen LogP contribution in [0.4, 0.5) is 0 Å². The first kappa shape index (κ1) is 56.2. The maximum atomic E-state index is 3.56. The normalized spacial score (nSPS) is 3.71. The van der Waals surface area contributed by atoms with Crippen molar-refractivity contribution in [3.05, 3.63) is 24.3 Å². The Morgan fingerprint density at radius 1 is 0.571 bits per heavy atom. The van der Waals surface area contributed by atoms with Gasteiger partial charge in [-0.3, -0.25) is 0 Å². The summed E-state index contributed by atoms with van der Waals surface area (Å²) in [5.41, 5.74) is 2.33. The van der Waals surface area contributed by atoms with Gasteiger partial charge in [0.2, 0.25) is 0 Å². The Morgan fingerprint density at radius 3 is 0.571 bits per heavy atom. The van der Waals surface area contributed by atoms with Gasteiger partial charge in [0.25, 0.3) is 0 Å². The monoisotopic (exact) mass is 642 g/mol. The molecule has 0 nitrogen and oxygen atoms in total. The molecule has 0 rings (SSSR count). The molecule has 0 heterocycles. The minimum absolute atomic E-state index is 0. The smallest absolute Gasteiger partial charge is 1.00 e. The minimum atomic E-state index is 0. The van der Waals surface area contributed by atoms with E-state index in [1.54, 1.807) is 0 Å². The fraction of sp³-hybridized carbons (Fsp3) is 0.500. The first-order valence-electron chi connectivity index (χ1n) is 2.71. The Morgan fingerprint density at radius 2 is 0.571 bits per heavy atom. The molecule has 0 saturated carbocycles. The van der Waals surface area contributed by atoms with Gasteiger partial charge in [0.15, 0.2) is 0 Å². The quantitative estimate of drug-likeness (QED) is 0.230. The second kappa shape index (κ2) is 45.9. The molecular formula is C8H16Cl4Pt2. The SMILES string of the molecule is C=C(C)C.C=C(C)C.[Cl-].[Cl-].[Cl-].[Cl-].[Pt+2].[Pt+2]. The van der Waals surface area contributed by atoms with Crippen molar-refractivity contribution in [2.24, 2.45) is 0 Å². The molecule has 0 amide bonds. The maximum Gasteiger partial charge on any atom is 2.00 e. The summed E-state index contributed by atoms with van der Waals surface area (Å²) < 4.78 is 0. The fourth-order valence-electron chi connectivity index (χ4n) is 0. The van der Waals surface area contributed by atoms with E-state index >= 15 is 0 Å². The van der Waals surface area contributed by atoms with Crippen LogP contribution >= 0.6 is 0 Å². The Hall–Kier alpha value is 2.02. The van der Waals surface area contributed by atoms with Crippen molar-refractivity contribution in [2.75, 3.05) is 0 Å². The largest absolute Gasteiger partial charge is 2.00 e. The maximum absolute atomic E-state index is 3.56. The van der Waals surface area contributed by atoms with Gasteiger partial charge in [-0.2, -0.15) is 0 Å². The third kappa shape index (κ3) is 584. The van der Waals surface area contributed by atoms with E-state index in [2.05, 4.69) is 13.2 Å². The van der Waals surface area contributed by atoms with Gasteiger partial charge in [-0.1, -0.05) is 11.1 Å². The van der Waals surface area contributed by atoms with Gasteiger partial charge in [-0.05, 0) is 27.7 Å². The van der Waals surface area contributed by atoms with E-state index in [1.165, 1.54) is 11.1 Å². The Bertz CT molecular complexity index is 77.3. The van der Waals surface area contributed by atoms with E-state index < -0.39 is 0 Å². The molecule has 0 radical (unpaired) electrons. The van der Waals surface area contributed by atoms with Crippen LogP contribution in [-0.4, -0.2) is 0 Å². The van der Waals surface area contributed by atoms with E-state index in [0.29, 0.717) is 0 Å².